The number of nitrogens with one attached hydrogen (secondary N) is 1. The fourth-order valence-corrected chi connectivity index (χ4v) is 0.442. The number of ether oxygens (including phenoxy) is 1. The highest BCUT2D eigenvalue weighted by atomic mass is 16.5. The van der Waals surface area contributed by atoms with E-state index >= 15 is 0 Å². The smallest absolute Gasteiger partial charge is 0.375 e. The number of aliphatic hydroxyl groups excluding tert-OH is 1. The molecular weight excluding hydrogens is 162 g/mol. The van der Waals surface area contributed by atoms with Crippen LogP contribution < -0.4 is 11.2 Å². The fraction of sp³-hybridized carbons (Fsp3) is 0.667. The third-order valence-corrected chi connectivity index (χ3v) is 0.908. The number of hydrazone groups is 1. The zero-order valence-corrected chi connectivity index (χ0v) is 6.91. The minimum Gasteiger partial charge on any atom is -0.460 e. The Bertz CT molecular complexity index is 169. The van der Waals surface area contributed by atoms with Crippen LogP contribution in [-0.2, 0) is 9.53 Å². The molecule has 0 heterocycles. The van der Waals surface area contributed by atoms with Gasteiger partial charge in [-0.05, 0) is 6.92 Å². The van der Waals surface area contributed by atoms with Gasteiger partial charge in [0.1, 0.15) is 0 Å². The molecule has 0 aliphatic rings. The molecule has 0 rings (SSSR count). The van der Waals surface area contributed by atoms with Crippen LogP contribution in [-0.4, -0.2) is 36.7 Å². The maximum Gasteiger partial charge on any atom is 0.375 e. The van der Waals surface area contributed by atoms with Gasteiger partial charge in [0.15, 0.2) is 0 Å². The van der Waals surface area contributed by atoms with Gasteiger partial charge < -0.3 is 21.0 Å². The normalized spacial score (nSPS) is 11.0. The number of aliphatic hydroxyl groups is 1. The van der Waals surface area contributed by atoms with Crippen molar-refractivity contribution in [2.75, 3.05) is 19.8 Å². The second-order valence-corrected chi connectivity index (χ2v) is 1.85. The van der Waals surface area contributed by atoms with Crippen molar-refractivity contribution >= 4 is 11.8 Å². The Labute approximate surface area is 70.4 Å². The van der Waals surface area contributed by atoms with Gasteiger partial charge in [-0.2, -0.15) is 5.10 Å². The van der Waals surface area contributed by atoms with Crippen LogP contribution in [0.2, 0.25) is 0 Å². The number of carbonyl (C=O) groups is 1. The van der Waals surface area contributed by atoms with E-state index in [0.717, 1.165) is 0 Å². The van der Waals surface area contributed by atoms with Crippen molar-refractivity contribution in [1.29, 1.82) is 0 Å². The lowest BCUT2D eigenvalue weighted by Gasteiger charge is -2.00. The summed E-state index contributed by atoms with van der Waals surface area (Å²) in [4.78, 5) is 10.8. The molecule has 0 bridgehead atoms. The number of hydrogen-bond donors (Lipinski definition) is 3. The molecule has 0 aromatic heterocycles. The lowest BCUT2D eigenvalue weighted by atomic mass is 10.6. The van der Waals surface area contributed by atoms with Crippen LogP contribution in [0.25, 0.3) is 0 Å². The van der Waals surface area contributed by atoms with Gasteiger partial charge in [-0.25, -0.2) is 4.79 Å². The van der Waals surface area contributed by atoms with Crippen LogP contribution in [0.5, 0.6) is 0 Å². The first-order chi connectivity index (χ1) is 5.72. The van der Waals surface area contributed by atoms with Crippen LogP contribution in [0.4, 0.5) is 0 Å². The van der Waals surface area contributed by atoms with Gasteiger partial charge in [0.2, 0.25) is 5.84 Å². The summed E-state index contributed by atoms with van der Waals surface area (Å²) >= 11 is 0. The molecule has 0 amide bonds. The molecule has 0 aliphatic carbocycles. The number of amidine groups is 1. The molecule has 70 valence electrons. The zero-order chi connectivity index (χ0) is 9.40. The first kappa shape index (κ1) is 10.7. The minimum absolute atomic E-state index is 0.0698. The molecule has 6 nitrogen and oxygen atoms in total. The number of nitrogens with two attached hydrogens (primary N) is 1. The van der Waals surface area contributed by atoms with Gasteiger partial charge in [0.25, 0.3) is 0 Å². The molecule has 0 radical (unpaired) electrons. The molecular formula is C6H13N3O3. The summed E-state index contributed by atoms with van der Waals surface area (Å²) in [6, 6.07) is 0. The Morgan fingerprint density at radius 1 is 1.75 bits per heavy atom. The Balaban J connectivity index is 3.74. The van der Waals surface area contributed by atoms with Crippen LogP contribution in [0, 0.1) is 0 Å². The largest absolute Gasteiger partial charge is 0.460 e. The monoisotopic (exact) mass is 175 g/mol. The van der Waals surface area contributed by atoms with Gasteiger partial charge >= 0.3 is 5.97 Å². The van der Waals surface area contributed by atoms with Crippen LogP contribution in [0.1, 0.15) is 6.92 Å². The maximum atomic E-state index is 10.8. The SMILES string of the molecule is CCOC(=O)C(N)=NNCCO. The van der Waals surface area contributed by atoms with Gasteiger partial charge in [0.05, 0.1) is 19.8 Å². The average molecular weight is 175 g/mol. The predicted octanol–water partition coefficient (Wildman–Crippen LogP) is -1.60. The summed E-state index contributed by atoms with van der Waals surface area (Å²) in [5.74, 6) is -0.909. The standard InChI is InChI=1S/C6H13N3O3/c1-2-12-6(11)5(7)9-8-3-4-10/h8,10H,2-4H2,1H3,(H2,7,9). The Hall–Kier alpha value is -1.30. The molecule has 0 fully saturated rings. The van der Waals surface area contributed by atoms with Crippen molar-refractivity contribution in [2.24, 2.45) is 10.8 Å². The van der Waals surface area contributed by atoms with Crippen molar-refractivity contribution in [3.63, 3.8) is 0 Å². The van der Waals surface area contributed by atoms with Crippen molar-refractivity contribution in [1.82, 2.24) is 5.43 Å². The number of nitrogens with zero attached hydrogens (tertiary/aromatic N) is 1. The van der Waals surface area contributed by atoms with Crippen molar-refractivity contribution in [3.8, 4) is 0 Å². The zero-order valence-electron chi connectivity index (χ0n) is 6.91. The Morgan fingerprint density at radius 2 is 2.42 bits per heavy atom. The molecule has 4 N–H and O–H groups in total. The molecule has 0 aromatic carbocycles. The molecule has 0 unspecified atom stereocenters. The molecule has 12 heavy (non-hydrogen) atoms. The van der Waals surface area contributed by atoms with E-state index in [4.69, 9.17) is 10.8 Å². The third kappa shape index (κ3) is 4.51. The minimum atomic E-state index is -0.664. The predicted molar refractivity (Wildman–Crippen MR) is 43.3 cm³/mol. The van der Waals surface area contributed by atoms with Crippen molar-refractivity contribution < 1.29 is 14.6 Å². The summed E-state index contributed by atoms with van der Waals surface area (Å²) in [5, 5.41) is 11.8. The second-order valence-electron chi connectivity index (χ2n) is 1.85. The highest BCUT2D eigenvalue weighted by molar-refractivity contribution is 6.34. The molecule has 0 atom stereocenters. The first-order valence-corrected chi connectivity index (χ1v) is 3.56. The number of rotatable bonds is 4. The fourth-order valence-electron chi connectivity index (χ4n) is 0.442. The van der Waals surface area contributed by atoms with Crippen LogP contribution >= 0.6 is 0 Å². The molecule has 0 saturated carbocycles. The van der Waals surface area contributed by atoms with Crippen LogP contribution in [0.15, 0.2) is 5.10 Å². The summed E-state index contributed by atoms with van der Waals surface area (Å²) < 4.78 is 4.54. The van der Waals surface area contributed by atoms with E-state index < -0.39 is 5.97 Å². The van der Waals surface area contributed by atoms with Gasteiger partial charge in [-0.15, -0.1) is 0 Å². The van der Waals surface area contributed by atoms with E-state index in [1.807, 2.05) is 0 Å². The molecule has 0 aromatic rings. The average Bonchev–Trinajstić information content (AvgIpc) is 2.05. The molecule has 0 spiro atoms. The number of esters is 1. The van der Waals surface area contributed by atoms with E-state index in [-0.39, 0.29) is 25.6 Å². The first-order valence-electron chi connectivity index (χ1n) is 3.56. The van der Waals surface area contributed by atoms with Gasteiger partial charge in [0, 0.05) is 0 Å². The highest BCUT2D eigenvalue weighted by Crippen LogP contribution is 1.77. The molecule has 6 heteroatoms. The highest BCUT2D eigenvalue weighted by Gasteiger charge is 2.06. The quantitative estimate of drug-likeness (QED) is 0.157. The summed E-state index contributed by atoms with van der Waals surface area (Å²) in [6.45, 7) is 2.11. The van der Waals surface area contributed by atoms with Crippen molar-refractivity contribution in [2.45, 2.75) is 6.92 Å². The maximum absolute atomic E-state index is 10.8. The lowest BCUT2D eigenvalue weighted by Crippen LogP contribution is -2.29. The third-order valence-electron chi connectivity index (χ3n) is 0.908. The van der Waals surface area contributed by atoms with E-state index in [1.165, 1.54) is 0 Å². The van der Waals surface area contributed by atoms with E-state index in [0.29, 0.717) is 0 Å². The van der Waals surface area contributed by atoms with Gasteiger partial charge in [-0.1, -0.05) is 0 Å². The van der Waals surface area contributed by atoms with E-state index in [9.17, 15) is 4.79 Å². The summed E-state index contributed by atoms with van der Waals surface area (Å²) in [6.07, 6.45) is 0. The Morgan fingerprint density at radius 3 is 2.92 bits per heavy atom. The van der Waals surface area contributed by atoms with Gasteiger partial charge in [-0.3, -0.25) is 0 Å². The topological polar surface area (TPSA) is 96.9 Å². The Kier molecular flexibility index (Phi) is 5.72. The molecule has 0 aliphatic heterocycles. The van der Waals surface area contributed by atoms with Crippen molar-refractivity contribution in [3.05, 3.63) is 0 Å². The van der Waals surface area contributed by atoms with E-state index in [2.05, 4.69) is 15.3 Å². The number of carbonyl (C=O) groups excluding carboxylic acids is 1. The molecule has 0 saturated heterocycles. The van der Waals surface area contributed by atoms with E-state index in [1.54, 1.807) is 6.92 Å². The number of hydrogen-bond acceptors (Lipinski definition) is 5. The second kappa shape index (κ2) is 6.41. The lowest BCUT2D eigenvalue weighted by molar-refractivity contribution is -0.135. The summed E-state index contributed by atoms with van der Waals surface area (Å²) in [7, 11) is 0. The van der Waals surface area contributed by atoms with Crippen LogP contribution in [0.3, 0.4) is 0 Å². The summed E-state index contributed by atoms with van der Waals surface area (Å²) in [5.41, 5.74) is 7.56.